The van der Waals surface area contributed by atoms with Crippen LogP contribution in [0.4, 0.5) is 5.82 Å². The number of nitro groups is 1. The highest BCUT2D eigenvalue weighted by atomic mass is 79.9. The van der Waals surface area contributed by atoms with Crippen molar-refractivity contribution >= 4 is 27.3 Å². The molecule has 0 spiro atoms. The molecule has 2 aromatic heterocycles. The normalized spacial score (nSPS) is 10.7. The summed E-state index contributed by atoms with van der Waals surface area (Å²) in [6.07, 6.45) is 1.74. The minimum absolute atomic E-state index is 0.108. The molecule has 2 heterocycles. The zero-order chi connectivity index (χ0) is 10.3. The third kappa shape index (κ3) is 1.27. The van der Waals surface area contributed by atoms with Crippen LogP contribution in [0.3, 0.4) is 0 Å². The second-order valence-corrected chi connectivity index (χ2v) is 3.76. The maximum Gasteiger partial charge on any atom is 0.389 e. The molecule has 5 nitrogen and oxygen atoms in total. The summed E-state index contributed by atoms with van der Waals surface area (Å²) in [5.41, 5.74) is 0.502. The van der Waals surface area contributed by atoms with Crippen molar-refractivity contribution in [2.24, 2.45) is 0 Å². The molecule has 0 aliphatic heterocycles. The van der Waals surface area contributed by atoms with Crippen LogP contribution in [-0.2, 0) is 0 Å². The van der Waals surface area contributed by atoms with Crippen LogP contribution in [0.25, 0.3) is 5.52 Å². The van der Waals surface area contributed by atoms with Crippen molar-refractivity contribution < 1.29 is 4.92 Å². The molecular formula is C8H6BrN3O2. The summed E-state index contributed by atoms with van der Waals surface area (Å²) in [6.45, 7) is 1.73. The summed E-state index contributed by atoms with van der Waals surface area (Å²) in [4.78, 5) is 14.0. The number of fused-ring (bicyclic) bond motifs is 1. The van der Waals surface area contributed by atoms with Gasteiger partial charge >= 0.3 is 5.82 Å². The Hall–Kier alpha value is -1.43. The van der Waals surface area contributed by atoms with E-state index < -0.39 is 4.92 Å². The smallest absolute Gasteiger partial charge is 0.358 e. The molecule has 6 heteroatoms. The number of halogens is 1. The number of hydrogen-bond donors (Lipinski definition) is 0. The van der Waals surface area contributed by atoms with Crippen molar-refractivity contribution in [1.29, 1.82) is 0 Å². The molecule has 0 saturated carbocycles. The highest BCUT2D eigenvalue weighted by Crippen LogP contribution is 2.23. The van der Waals surface area contributed by atoms with Gasteiger partial charge in [-0.25, -0.2) is 0 Å². The molecule has 0 atom stereocenters. The summed E-state index contributed by atoms with van der Waals surface area (Å²) in [6, 6.07) is 3.49. The van der Waals surface area contributed by atoms with Crippen LogP contribution < -0.4 is 0 Å². The molecule has 0 unspecified atom stereocenters. The fraction of sp³-hybridized carbons (Fsp3) is 0.125. The molecule has 14 heavy (non-hydrogen) atoms. The van der Waals surface area contributed by atoms with Gasteiger partial charge in [-0.1, -0.05) is 15.9 Å². The molecule has 0 amide bonds. The van der Waals surface area contributed by atoms with E-state index in [1.807, 2.05) is 6.07 Å². The van der Waals surface area contributed by atoms with E-state index in [-0.39, 0.29) is 5.82 Å². The first-order valence-electron chi connectivity index (χ1n) is 3.88. The van der Waals surface area contributed by atoms with E-state index in [2.05, 4.69) is 20.9 Å². The maximum absolute atomic E-state index is 10.7. The molecule has 0 aromatic carbocycles. The molecule has 0 fully saturated rings. The lowest BCUT2D eigenvalue weighted by molar-refractivity contribution is -0.387. The fourth-order valence-corrected chi connectivity index (χ4v) is 1.66. The lowest BCUT2D eigenvalue weighted by Crippen LogP contribution is -1.88. The Morgan fingerprint density at radius 2 is 2.36 bits per heavy atom. The van der Waals surface area contributed by atoms with E-state index in [1.54, 1.807) is 23.6 Å². The van der Waals surface area contributed by atoms with Gasteiger partial charge < -0.3 is 10.1 Å². The summed E-state index contributed by atoms with van der Waals surface area (Å²) in [5, 5.41) is 10.7. The lowest BCUT2D eigenvalue weighted by atomic mass is 10.4. The number of aromatic nitrogens is 2. The summed E-state index contributed by atoms with van der Waals surface area (Å²) in [5.74, 6) is 0.503. The Kier molecular flexibility index (Phi) is 1.99. The van der Waals surface area contributed by atoms with Gasteiger partial charge in [0.25, 0.3) is 0 Å². The molecule has 0 aliphatic carbocycles. The summed E-state index contributed by atoms with van der Waals surface area (Å²) >= 11 is 3.26. The van der Waals surface area contributed by atoms with Gasteiger partial charge in [0, 0.05) is 17.6 Å². The molecule has 0 bridgehead atoms. The maximum atomic E-state index is 10.7. The predicted octanol–water partition coefficient (Wildman–Crippen LogP) is 2.31. The van der Waals surface area contributed by atoms with E-state index in [9.17, 15) is 10.1 Å². The molecule has 72 valence electrons. The summed E-state index contributed by atoms with van der Waals surface area (Å²) in [7, 11) is 0. The van der Waals surface area contributed by atoms with Crippen LogP contribution in [-0.4, -0.2) is 14.3 Å². The second-order valence-electron chi connectivity index (χ2n) is 2.84. The SMILES string of the molecule is Cc1nc([N+](=O)[O-])c2cc(Br)ccn12. The molecule has 0 saturated heterocycles. The minimum Gasteiger partial charge on any atom is -0.358 e. The zero-order valence-corrected chi connectivity index (χ0v) is 8.85. The van der Waals surface area contributed by atoms with Crippen molar-refractivity contribution in [3.63, 3.8) is 0 Å². The van der Waals surface area contributed by atoms with Crippen molar-refractivity contribution in [2.45, 2.75) is 6.92 Å². The second kappa shape index (κ2) is 3.06. The van der Waals surface area contributed by atoms with Gasteiger partial charge in [-0.05, 0) is 22.0 Å². The Balaban J connectivity index is 2.85. The van der Waals surface area contributed by atoms with Gasteiger partial charge in [-0.3, -0.25) is 4.40 Å². The first-order chi connectivity index (χ1) is 6.59. The average Bonchev–Trinajstić information content (AvgIpc) is 2.43. The van der Waals surface area contributed by atoms with Crippen LogP contribution >= 0.6 is 15.9 Å². The van der Waals surface area contributed by atoms with Crippen LogP contribution in [0.15, 0.2) is 22.8 Å². The number of imidazole rings is 1. The highest BCUT2D eigenvalue weighted by Gasteiger charge is 2.18. The molecule has 0 aliphatic rings. The lowest BCUT2D eigenvalue weighted by Gasteiger charge is -1.94. The third-order valence-electron chi connectivity index (χ3n) is 1.94. The zero-order valence-electron chi connectivity index (χ0n) is 7.27. The van der Waals surface area contributed by atoms with Crippen molar-refractivity contribution in [2.75, 3.05) is 0 Å². The molecule has 2 aromatic rings. The van der Waals surface area contributed by atoms with Crippen LogP contribution in [0.2, 0.25) is 0 Å². The van der Waals surface area contributed by atoms with E-state index >= 15 is 0 Å². The fourth-order valence-electron chi connectivity index (χ4n) is 1.33. The Morgan fingerprint density at radius 1 is 1.64 bits per heavy atom. The highest BCUT2D eigenvalue weighted by molar-refractivity contribution is 9.10. The average molecular weight is 256 g/mol. The van der Waals surface area contributed by atoms with Gasteiger partial charge in [0.15, 0.2) is 0 Å². The molecule has 2 rings (SSSR count). The van der Waals surface area contributed by atoms with Gasteiger partial charge in [0.05, 0.1) is 0 Å². The van der Waals surface area contributed by atoms with Gasteiger partial charge in [0.2, 0.25) is 5.82 Å². The van der Waals surface area contributed by atoms with E-state index in [4.69, 9.17) is 0 Å². The number of pyridine rings is 1. The largest absolute Gasteiger partial charge is 0.389 e. The van der Waals surface area contributed by atoms with Gasteiger partial charge in [-0.2, -0.15) is 0 Å². The predicted molar refractivity (Wildman–Crippen MR) is 54.3 cm³/mol. The Morgan fingerprint density at radius 3 is 3.00 bits per heavy atom. The van der Waals surface area contributed by atoms with E-state index in [1.165, 1.54) is 0 Å². The quantitative estimate of drug-likeness (QED) is 0.581. The number of nitrogens with zero attached hydrogens (tertiary/aromatic N) is 3. The summed E-state index contributed by atoms with van der Waals surface area (Å²) < 4.78 is 2.48. The number of aryl methyl sites for hydroxylation is 1. The van der Waals surface area contributed by atoms with E-state index in [0.717, 1.165) is 4.47 Å². The molecular weight excluding hydrogens is 250 g/mol. The van der Waals surface area contributed by atoms with Crippen molar-refractivity contribution in [1.82, 2.24) is 9.38 Å². The minimum atomic E-state index is -0.477. The Bertz CT molecular complexity index is 521. The van der Waals surface area contributed by atoms with Crippen LogP contribution in [0.1, 0.15) is 5.82 Å². The van der Waals surface area contributed by atoms with Crippen LogP contribution in [0.5, 0.6) is 0 Å². The number of rotatable bonds is 1. The van der Waals surface area contributed by atoms with Crippen LogP contribution in [0, 0.1) is 17.0 Å². The monoisotopic (exact) mass is 255 g/mol. The topological polar surface area (TPSA) is 60.4 Å². The van der Waals surface area contributed by atoms with E-state index in [0.29, 0.717) is 11.3 Å². The number of hydrogen-bond acceptors (Lipinski definition) is 3. The first-order valence-corrected chi connectivity index (χ1v) is 4.67. The molecule has 0 N–H and O–H groups in total. The molecule has 0 radical (unpaired) electrons. The van der Waals surface area contributed by atoms with Gasteiger partial charge in [-0.15, -0.1) is 0 Å². The standard InChI is InChI=1S/C8H6BrN3O2/c1-5-10-8(12(13)14)7-4-6(9)2-3-11(5)7/h2-4H,1H3. The van der Waals surface area contributed by atoms with Crippen molar-refractivity contribution in [3.05, 3.63) is 38.7 Å². The van der Waals surface area contributed by atoms with Crippen molar-refractivity contribution in [3.8, 4) is 0 Å². The first kappa shape index (κ1) is 9.14. The van der Waals surface area contributed by atoms with Gasteiger partial charge in [0.1, 0.15) is 5.52 Å². The Labute approximate surface area is 87.7 Å². The third-order valence-corrected chi connectivity index (χ3v) is 2.43.